The summed E-state index contributed by atoms with van der Waals surface area (Å²) in [6, 6.07) is 6.02. The highest BCUT2D eigenvalue weighted by atomic mass is 16.3. The zero-order valence-electron chi connectivity index (χ0n) is 15.3. The van der Waals surface area contributed by atoms with Crippen LogP contribution in [0.2, 0.25) is 0 Å². The van der Waals surface area contributed by atoms with E-state index in [2.05, 4.69) is 30.5 Å². The van der Waals surface area contributed by atoms with E-state index in [1.807, 2.05) is 25.1 Å². The van der Waals surface area contributed by atoms with Crippen LogP contribution in [0.3, 0.4) is 0 Å². The van der Waals surface area contributed by atoms with E-state index in [1.165, 1.54) is 0 Å². The summed E-state index contributed by atoms with van der Waals surface area (Å²) in [5, 5.41) is 20.5. The van der Waals surface area contributed by atoms with Crippen molar-refractivity contribution in [3.8, 4) is 11.4 Å². The first-order valence-electron chi connectivity index (χ1n) is 8.60. The maximum atomic E-state index is 12.6. The number of aliphatic hydroxyl groups excluding tert-OH is 1. The lowest BCUT2D eigenvalue weighted by Crippen LogP contribution is -2.46. The molecule has 8 heteroatoms. The molecule has 4 rings (SSSR count). The highest BCUT2D eigenvalue weighted by Gasteiger charge is 2.23. The van der Waals surface area contributed by atoms with Gasteiger partial charge in [0.05, 0.1) is 29.4 Å². The molecule has 0 aliphatic heterocycles. The Kier molecular flexibility index (Phi) is 3.92. The number of aryl methyl sites for hydroxylation is 1. The third kappa shape index (κ3) is 3.04. The van der Waals surface area contributed by atoms with Crippen molar-refractivity contribution in [1.82, 2.24) is 30.5 Å². The van der Waals surface area contributed by atoms with Gasteiger partial charge in [-0.2, -0.15) is 5.10 Å². The second-order valence-electron chi connectivity index (χ2n) is 7.27. The predicted molar refractivity (Wildman–Crippen MR) is 102 cm³/mol. The Morgan fingerprint density at radius 1 is 1.33 bits per heavy atom. The van der Waals surface area contributed by atoms with Crippen LogP contribution in [0.15, 0.2) is 30.6 Å². The molecule has 0 bridgehead atoms. The summed E-state index contributed by atoms with van der Waals surface area (Å²) in [6.07, 6.45) is 3.21. The number of H-pyrrole nitrogens is 2. The van der Waals surface area contributed by atoms with Gasteiger partial charge in [-0.3, -0.25) is 9.89 Å². The van der Waals surface area contributed by atoms with Crippen LogP contribution in [0.25, 0.3) is 33.5 Å². The van der Waals surface area contributed by atoms with E-state index in [1.54, 1.807) is 26.2 Å². The zero-order chi connectivity index (χ0) is 19.2. The molecule has 3 heterocycles. The van der Waals surface area contributed by atoms with Crippen molar-refractivity contribution >= 4 is 28.0 Å². The number of rotatable bonds is 4. The number of amides is 1. The van der Waals surface area contributed by atoms with Crippen LogP contribution in [0.1, 0.15) is 29.8 Å². The molecular formula is C19H20N6O2. The van der Waals surface area contributed by atoms with Crippen molar-refractivity contribution in [2.75, 3.05) is 6.61 Å². The van der Waals surface area contributed by atoms with Crippen molar-refractivity contribution in [2.45, 2.75) is 26.3 Å². The highest BCUT2D eigenvalue weighted by molar-refractivity contribution is 6.05. The molecule has 0 unspecified atom stereocenters. The third-order valence-electron chi connectivity index (χ3n) is 4.43. The van der Waals surface area contributed by atoms with Gasteiger partial charge in [0.15, 0.2) is 5.65 Å². The molecule has 3 aromatic heterocycles. The summed E-state index contributed by atoms with van der Waals surface area (Å²) in [5.74, 6) is -0.325. The number of carbonyl (C=O) groups excluding carboxylic acids is 1. The topological polar surface area (TPSA) is 120 Å². The standard InChI is InChI=1S/C19H20N6O2/c1-10-4-5-11-13(6-10)24-25-15(11)14-8-21-17-16(22-14)12(7-20-17)18(27)23-19(2,3)9-26/h4-8,26H,9H2,1-3H3,(H,20,21)(H,23,27)(H,24,25). The average molecular weight is 364 g/mol. The summed E-state index contributed by atoms with van der Waals surface area (Å²) in [5.41, 5.74) is 3.93. The van der Waals surface area contributed by atoms with Gasteiger partial charge in [-0.25, -0.2) is 9.97 Å². The van der Waals surface area contributed by atoms with Crippen molar-refractivity contribution in [3.05, 3.63) is 41.7 Å². The number of aliphatic hydroxyl groups is 1. The summed E-state index contributed by atoms with van der Waals surface area (Å²) in [4.78, 5) is 24.6. The van der Waals surface area contributed by atoms with Crippen LogP contribution < -0.4 is 5.32 Å². The number of nitrogens with one attached hydrogen (secondary N) is 3. The molecule has 0 radical (unpaired) electrons. The maximum absolute atomic E-state index is 12.6. The molecule has 0 aliphatic rings. The molecule has 0 fully saturated rings. The molecule has 1 amide bonds. The Labute approximate surface area is 155 Å². The van der Waals surface area contributed by atoms with Crippen LogP contribution in [0, 0.1) is 6.92 Å². The molecule has 0 aliphatic carbocycles. The van der Waals surface area contributed by atoms with E-state index >= 15 is 0 Å². The van der Waals surface area contributed by atoms with E-state index in [4.69, 9.17) is 0 Å². The molecule has 138 valence electrons. The van der Waals surface area contributed by atoms with Crippen LogP contribution in [0.5, 0.6) is 0 Å². The maximum Gasteiger partial charge on any atom is 0.255 e. The molecular weight excluding hydrogens is 344 g/mol. The number of carbonyl (C=O) groups is 1. The normalized spacial score (nSPS) is 12.0. The molecule has 0 saturated carbocycles. The summed E-state index contributed by atoms with van der Waals surface area (Å²) < 4.78 is 0. The van der Waals surface area contributed by atoms with E-state index in [-0.39, 0.29) is 12.5 Å². The van der Waals surface area contributed by atoms with E-state index in [9.17, 15) is 9.90 Å². The van der Waals surface area contributed by atoms with Crippen LogP contribution >= 0.6 is 0 Å². The average Bonchev–Trinajstić information content (AvgIpc) is 3.24. The lowest BCUT2D eigenvalue weighted by molar-refractivity contribution is 0.0871. The second-order valence-corrected chi connectivity index (χ2v) is 7.27. The quantitative estimate of drug-likeness (QED) is 0.443. The van der Waals surface area contributed by atoms with Crippen LogP contribution in [-0.2, 0) is 0 Å². The molecule has 0 spiro atoms. The SMILES string of the molecule is Cc1ccc2c(-c3cnc4[nH]cc(C(=O)NC(C)(C)CO)c4n3)n[nH]c2c1. The summed E-state index contributed by atoms with van der Waals surface area (Å²) in [7, 11) is 0. The van der Waals surface area contributed by atoms with Gasteiger partial charge in [0.1, 0.15) is 16.9 Å². The molecule has 8 nitrogen and oxygen atoms in total. The summed E-state index contributed by atoms with van der Waals surface area (Å²) >= 11 is 0. The first kappa shape index (κ1) is 17.2. The molecule has 0 saturated heterocycles. The van der Waals surface area contributed by atoms with Gasteiger partial charge in [-0.15, -0.1) is 0 Å². The lowest BCUT2D eigenvalue weighted by atomic mass is 10.1. The number of nitrogens with zero attached hydrogens (tertiary/aromatic N) is 3. The minimum absolute atomic E-state index is 0.170. The fraction of sp³-hybridized carbons (Fsp3) is 0.263. The van der Waals surface area contributed by atoms with Gasteiger partial charge >= 0.3 is 0 Å². The smallest absolute Gasteiger partial charge is 0.255 e. The van der Waals surface area contributed by atoms with E-state index < -0.39 is 5.54 Å². The van der Waals surface area contributed by atoms with Gasteiger partial charge in [-0.05, 0) is 32.4 Å². The Bertz CT molecular complexity index is 1160. The second kappa shape index (κ2) is 6.17. The Morgan fingerprint density at radius 2 is 2.15 bits per heavy atom. The van der Waals surface area contributed by atoms with Crippen molar-refractivity contribution in [1.29, 1.82) is 0 Å². The van der Waals surface area contributed by atoms with Gasteiger partial charge in [0.25, 0.3) is 5.91 Å². The molecule has 27 heavy (non-hydrogen) atoms. The third-order valence-corrected chi connectivity index (χ3v) is 4.43. The predicted octanol–water partition coefficient (Wildman–Crippen LogP) is 2.31. The van der Waals surface area contributed by atoms with Gasteiger partial charge in [-0.1, -0.05) is 12.1 Å². The fourth-order valence-electron chi connectivity index (χ4n) is 2.92. The van der Waals surface area contributed by atoms with Crippen molar-refractivity contribution in [2.24, 2.45) is 0 Å². The monoisotopic (exact) mass is 364 g/mol. The minimum atomic E-state index is -0.734. The Hall–Kier alpha value is -3.26. The molecule has 4 aromatic rings. The lowest BCUT2D eigenvalue weighted by Gasteiger charge is -2.23. The fourth-order valence-corrected chi connectivity index (χ4v) is 2.92. The Morgan fingerprint density at radius 3 is 2.93 bits per heavy atom. The van der Waals surface area contributed by atoms with Gasteiger partial charge in [0, 0.05) is 11.6 Å². The summed E-state index contributed by atoms with van der Waals surface area (Å²) in [6.45, 7) is 5.34. The molecule has 4 N–H and O–H groups in total. The Balaban J connectivity index is 1.79. The van der Waals surface area contributed by atoms with Gasteiger partial charge < -0.3 is 15.4 Å². The van der Waals surface area contributed by atoms with Gasteiger partial charge in [0.2, 0.25) is 0 Å². The zero-order valence-corrected chi connectivity index (χ0v) is 15.3. The number of aromatic amines is 2. The number of benzene rings is 1. The molecule has 0 atom stereocenters. The number of hydrogen-bond acceptors (Lipinski definition) is 5. The number of fused-ring (bicyclic) bond motifs is 2. The minimum Gasteiger partial charge on any atom is -0.394 e. The van der Waals surface area contributed by atoms with Crippen LogP contribution in [-0.4, -0.2) is 48.3 Å². The number of hydrogen-bond donors (Lipinski definition) is 4. The number of aromatic nitrogens is 5. The van der Waals surface area contributed by atoms with Crippen molar-refractivity contribution in [3.63, 3.8) is 0 Å². The van der Waals surface area contributed by atoms with Crippen LogP contribution in [0.4, 0.5) is 0 Å². The van der Waals surface area contributed by atoms with Crippen molar-refractivity contribution < 1.29 is 9.90 Å². The molecule has 1 aromatic carbocycles. The highest BCUT2D eigenvalue weighted by Crippen LogP contribution is 2.27. The largest absolute Gasteiger partial charge is 0.394 e. The van der Waals surface area contributed by atoms with E-state index in [0.29, 0.717) is 28.1 Å². The first-order valence-corrected chi connectivity index (χ1v) is 8.60. The first-order chi connectivity index (χ1) is 12.9. The van der Waals surface area contributed by atoms with E-state index in [0.717, 1.165) is 16.5 Å².